The fourth-order valence-electron chi connectivity index (χ4n) is 2.57. The van der Waals surface area contributed by atoms with Crippen molar-refractivity contribution in [2.45, 2.75) is 32.2 Å². The summed E-state index contributed by atoms with van der Waals surface area (Å²) in [5.41, 5.74) is 2.95. The molecule has 0 saturated heterocycles. The number of nitrogens with one attached hydrogen (secondary N) is 2. The van der Waals surface area contributed by atoms with E-state index in [1.54, 1.807) is 6.20 Å². The fraction of sp³-hybridized carbons (Fsp3) is 0.333. The van der Waals surface area contributed by atoms with Gasteiger partial charge >= 0.3 is 0 Å². The average Bonchev–Trinajstić information content (AvgIpc) is 2.81. The van der Waals surface area contributed by atoms with Crippen molar-refractivity contribution in [3.05, 3.63) is 39.3 Å². The van der Waals surface area contributed by atoms with Gasteiger partial charge in [0.25, 0.3) is 0 Å². The van der Waals surface area contributed by atoms with Crippen LogP contribution in [0.25, 0.3) is 0 Å². The first-order valence-electron chi connectivity index (χ1n) is 6.72. The quantitative estimate of drug-likeness (QED) is 0.897. The highest BCUT2D eigenvalue weighted by molar-refractivity contribution is 7.15. The van der Waals surface area contributed by atoms with Gasteiger partial charge in [-0.1, -0.05) is 25.4 Å². The highest BCUT2D eigenvalue weighted by Gasteiger charge is 2.31. The van der Waals surface area contributed by atoms with Crippen LogP contribution in [0.5, 0.6) is 0 Å². The molecular formula is C15H16ClN3OS. The van der Waals surface area contributed by atoms with E-state index in [0.717, 1.165) is 21.8 Å². The summed E-state index contributed by atoms with van der Waals surface area (Å²) in [6.07, 6.45) is 2.29. The smallest absolute Gasteiger partial charge is 0.225 e. The molecule has 2 heterocycles. The van der Waals surface area contributed by atoms with E-state index in [9.17, 15) is 4.79 Å². The Hall–Kier alpha value is -1.59. The minimum Gasteiger partial charge on any atom is -0.380 e. The number of carbonyl (C=O) groups is 1. The predicted molar refractivity (Wildman–Crippen MR) is 87.2 cm³/mol. The van der Waals surface area contributed by atoms with Crippen LogP contribution in [0.1, 0.15) is 30.7 Å². The summed E-state index contributed by atoms with van der Waals surface area (Å²) in [6, 6.07) is 6.04. The topological polar surface area (TPSA) is 54.0 Å². The maximum absolute atomic E-state index is 11.7. The molecule has 110 valence electrons. The van der Waals surface area contributed by atoms with Crippen LogP contribution in [0.2, 0.25) is 4.47 Å². The van der Waals surface area contributed by atoms with Crippen LogP contribution in [0.3, 0.4) is 0 Å². The molecule has 0 spiro atoms. The van der Waals surface area contributed by atoms with E-state index in [4.69, 9.17) is 11.6 Å². The van der Waals surface area contributed by atoms with E-state index in [0.29, 0.717) is 17.4 Å². The summed E-state index contributed by atoms with van der Waals surface area (Å²) in [5.74, 6) is 0.0764. The molecule has 1 aliphatic heterocycles. The van der Waals surface area contributed by atoms with Gasteiger partial charge in [0, 0.05) is 34.3 Å². The first-order valence-corrected chi connectivity index (χ1v) is 7.92. The molecular weight excluding hydrogens is 306 g/mol. The molecule has 0 radical (unpaired) electrons. The van der Waals surface area contributed by atoms with Gasteiger partial charge in [-0.3, -0.25) is 4.79 Å². The molecule has 21 heavy (non-hydrogen) atoms. The van der Waals surface area contributed by atoms with Crippen LogP contribution in [0.15, 0.2) is 24.4 Å². The third-order valence-electron chi connectivity index (χ3n) is 3.62. The minimum absolute atomic E-state index is 0.0764. The Morgan fingerprint density at radius 2 is 2.29 bits per heavy atom. The van der Waals surface area contributed by atoms with E-state index in [2.05, 4.69) is 35.5 Å². The first-order chi connectivity index (χ1) is 9.94. The molecule has 0 atom stereocenters. The number of nitrogens with zero attached hydrogens (tertiary/aromatic N) is 1. The molecule has 2 N–H and O–H groups in total. The lowest BCUT2D eigenvalue weighted by Crippen LogP contribution is -2.32. The number of rotatable bonds is 3. The molecule has 2 aromatic rings. The van der Waals surface area contributed by atoms with E-state index >= 15 is 0 Å². The molecule has 1 aliphatic rings. The number of anilines is 2. The molecule has 1 amide bonds. The molecule has 1 aromatic heterocycles. The third kappa shape index (κ3) is 3.04. The number of fused-ring (bicyclic) bond motifs is 1. The van der Waals surface area contributed by atoms with E-state index in [1.807, 2.05) is 12.1 Å². The van der Waals surface area contributed by atoms with Gasteiger partial charge in [-0.2, -0.15) is 0 Å². The van der Waals surface area contributed by atoms with Gasteiger partial charge in [-0.15, -0.1) is 11.3 Å². The Kier molecular flexibility index (Phi) is 3.63. The minimum atomic E-state index is -0.150. The summed E-state index contributed by atoms with van der Waals surface area (Å²) in [5, 5.41) is 6.30. The van der Waals surface area contributed by atoms with Crippen LogP contribution < -0.4 is 10.6 Å². The second-order valence-electron chi connectivity index (χ2n) is 5.80. The number of hydrogen-bond donors (Lipinski definition) is 2. The number of thiazole rings is 1. The summed E-state index contributed by atoms with van der Waals surface area (Å²) in [4.78, 5) is 16.8. The lowest BCUT2D eigenvalue weighted by molar-refractivity contribution is -0.117. The van der Waals surface area contributed by atoms with Gasteiger partial charge in [0.2, 0.25) is 5.91 Å². The highest BCUT2D eigenvalue weighted by Crippen LogP contribution is 2.38. The maximum atomic E-state index is 11.7. The molecule has 0 fully saturated rings. The Morgan fingerprint density at radius 1 is 1.48 bits per heavy atom. The lowest BCUT2D eigenvalue weighted by atomic mass is 9.78. The predicted octanol–water partition coefficient (Wildman–Crippen LogP) is 4.03. The number of benzene rings is 1. The van der Waals surface area contributed by atoms with Gasteiger partial charge < -0.3 is 10.6 Å². The van der Waals surface area contributed by atoms with Gasteiger partial charge in [0.1, 0.15) is 0 Å². The molecule has 6 heteroatoms. The zero-order chi connectivity index (χ0) is 15.0. The normalized spacial score (nSPS) is 16.2. The van der Waals surface area contributed by atoms with Crippen molar-refractivity contribution >= 4 is 40.2 Å². The first kappa shape index (κ1) is 14.4. The number of aromatic nitrogens is 1. The number of hydrogen-bond acceptors (Lipinski definition) is 4. The van der Waals surface area contributed by atoms with Crippen molar-refractivity contribution < 1.29 is 4.79 Å². The standard InChI is InChI=1S/C15H16ClN3OS/c1-15(2)6-13(20)19-12-4-3-9(5-11(12)15)17-7-10-8-18-14(16)21-10/h3-5,8,17H,6-7H2,1-2H3,(H,19,20). The molecule has 4 nitrogen and oxygen atoms in total. The largest absolute Gasteiger partial charge is 0.380 e. The van der Waals surface area contributed by atoms with E-state index < -0.39 is 0 Å². The Labute approximate surface area is 132 Å². The fourth-order valence-corrected chi connectivity index (χ4v) is 3.49. The lowest BCUT2D eigenvalue weighted by Gasteiger charge is -2.32. The average molecular weight is 322 g/mol. The molecule has 3 rings (SSSR count). The summed E-state index contributed by atoms with van der Waals surface area (Å²) >= 11 is 7.30. The zero-order valence-corrected chi connectivity index (χ0v) is 13.4. The van der Waals surface area contributed by atoms with Crippen LogP contribution in [-0.2, 0) is 16.8 Å². The van der Waals surface area contributed by atoms with Crippen LogP contribution in [0.4, 0.5) is 11.4 Å². The molecule has 1 aromatic carbocycles. The van der Waals surface area contributed by atoms with Gasteiger partial charge in [-0.05, 0) is 23.8 Å². The van der Waals surface area contributed by atoms with E-state index in [-0.39, 0.29) is 11.3 Å². The summed E-state index contributed by atoms with van der Waals surface area (Å²) in [7, 11) is 0. The highest BCUT2D eigenvalue weighted by atomic mass is 35.5. The number of amides is 1. The second kappa shape index (κ2) is 5.31. The molecule has 0 bridgehead atoms. The third-order valence-corrected chi connectivity index (χ3v) is 4.73. The Balaban J connectivity index is 1.81. The van der Waals surface area contributed by atoms with Crippen molar-refractivity contribution in [1.82, 2.24) is 4.98 Å². The maximum Gasteiger partial charge on any atom is 0.225 e. The van der Waals surface area contributed by atoms with Gasteiger partial charge in [0.15, 0.2) is 4.47 Å². The molecule has 0 aliphatic carbocycles. The van der Waals surface area contributed by atoms with E-state index in [1.165, 1.54) is 11.3 Å². The Morgan fingerprint density at radius 3 is 3.00 bits per heavy atom. The summed E-state index contributed by atoms with van der Waals surface area (Å²) in [6.45, 7) is 4.88. The van der Waals surface area contributed by atoms with Gasteiger partial charge in [0.05, 0.1) is 6.54 Å². The van der Waals surface area contributed by atoms with Crippen LogP contribution in [0, 0.1) is 0 Å². The SMILES string of the molecule is CC1(C)CC(=O)Nc2ccc(NCc3cnc(Cl)s3)cc21. The van der Waals surface area contributed by atoms with Crippen molar-refractivity contribution in [2.75, 3.05) is 10.6 Å². The number of carbonyl (C=O) groups excluding carboxylic acids is 1. The second-order valence-corrected chi connectivity index (χ2v) is 7.50. The molecule has 0 saturated carbocycles. The molecule has 0 unspecified atom stereocenters. The van der Waals surface area contributed by atoms with Crippen LogP contribution in [-0.4, -0.2) is 10.9 Å². The summed E-state index contributed by atoms with van der Waals surface area (Å²) < 4.78 is 0.557. The van der Waals surface area contributed by atoms with Gasteiger partial charge in [-0.25, -0.2) is 4.98 Å². The zero-order valence-electron chi connectivity index (χ0n) is 11.9. The monoisotopic (exact) mass is 321 g/mol. The van der Waals surface area contributed by atoms with Crippen molar-refractivity contribution in [1.29, 1.82) is 0 Å². The van der Waals surface area contributed by atoms with Crippen molar-refractivity contribution in [3.8, 4) is 0 Å². The van der Waals surface area contributed by atoms with Crippen LogP contribution >= 0.6 is 22.9 Å². The van der Waals surface area contributed by atoms with Crippen molar-refractivity contribution in [3.63, 3.8) is 0 Å². The number of halogens is 1. The van der Waals surface area contributed by atoms with Crippen molar-refractivity contribution in [2.24, 2.45) is 0 Å². The Bertz CT molecular complexity index is 696.